The van der Waals surface area contributed by atoms with Gasteiger partial charge in [-0.2, -0.15) is 0 Å². The van der Waals surface area contributed by atoms with Crippen LogP contribution in [0.25, 0.3) is 0 Å². The molecule has 2 saturated carbocycles. The molecule has 2 rings (SSSR count). The van der Waals surface area contributed by atoms with Gasteiger partial charge in [0, 0.05) is 17.8 Å². The molecule has 0 aromatic heterocycles. The highest BCUT2D eigenvalue weighted by Crippen LogP contribution is 2.43. The quantitative estimate of drug-likeness (QED) is 0.725. The maximum atomic E-state index is 12.7. The van der Waals surface area contributed by atoms with Crippen LogP contribution in [0.5, 0.6) is 0 Å². The molecular weight excluding hydrogens is 270 g/mol. The van der Waals surface area contributed by atoms with Crippen molar-refractivity contribution in [2.75, 3.05) is 12.4 Å². The van der Waals surface area contributed by atoms with Crippen LogP contribution in [0.3, 0.4) is 0 Å². The molecule has 1 amide bonds. The summed E-state index contributed by atoms with van der Waals surface area (Å²) in [4.78, 5) is 12.7. The minimum Gasteiger partial charge on any atom is -0.355 e. The van der Waals surface area contributed by atoms with Crippen LogP contribution in [0.2, 0.25) is 0 Å². The van der Waals surface area contributed by atoms with Crippen molar-refractivity contribution < 1.29 is 4.79 Å². The van der Waals surface area contributed by atoms with E-state index in [4.69, 9.17) is 11.6 Å². The SMILES string of the molecule is CC(C)CC1(C(=O)NCC2CCCC2CCl)CCCC1. The molecule has 0 bridgehead atoms. The summed E-state index contributed by atoms with van der Waals surface area (Å²) in [5, 5.41) is 3.28. The van der Waals surface area contributed by atoms with Gasteiger partial charge in [0.25, 0.3) is 0 Å². The van der Waals surface area contributed by atoms with E-state index in [1.165, 1.54) is 32.1 Å². The van der Waals surface area contributed by atoms with Crippen molar-refractivity contribution >= 4 is 17.5 Å². The summed E-state index contributed by atoms with van der Waals surface area (Å²) >= 11 is 6.03. The molecule has 0 saturated heterocycles. The number of amides is 1. The van der Waals surface area contributed by atoms with E-state index >= 15 is 0 Å². The summed E-state index contributed by atoms with van der Waals surface area (Å²) in [7, 11) is 0. The van der Waals surface area contributed by atoms with Gasteiger partial charge in [-0.05, 0) is 49.9 Å². The molecule has 2 unspecified atom stereocenters. The van der Waals surface area contributed by atoms with Crippen LogP contribution >= 0.6 is 11.6 Å². The van der Waals surface area contributed by atoms with Crippen molar-refractivity contribution in [1.82, 2.24) is 5.32 Å². The maximum Gasteiger partial charge on any atom is 0.226 e. The first kappa shape index (κ1) is 16.1. The summed E-state index contributed by atoms with van der Waals surface area (Å²) in [6, 6.07) is 0. The standard InChI is InChI=1S/C17H30ClNO/c1-13(2)10-17(8-3-4-9-17)16(20)19-12-15-7-5-6-14(15)11-18/h13-15H,3-12H2,1-2H3,(H,19,20). The van der Waals surface area contributed by atoms with Gasteiger partial charge in [-0.1, -0.05) is 33.1 Å². The Morgan fingerprint density at radius 2 is 1.85 bits per heavy atom. The molecule has 2 fully saturated rings. The van der Waals surface area contributed by atoms with Crippen molar-refractivity contribution in [3.8, 4) is 0 Å². The van der Waals surface area contributed by atoms with Gasteiger partial charge in [-0.3, -0.25) is 4.79 Å². The van der Waals surface area contributed by atoms with Crippen LogP contribution in [0.4, 0.5) is 0 Å². The lowest BCUT2D eigenvalue weighted by Crippen LogP contribution is -2.42. The highest BCUT2D eigenvalue weighted by Gasteiger charge is 2.41. The molecule has 3 heteroatoms. The average Bonchev–Trinajstić information content (AvgIpc) is 3.04. The zero-order chi connectivity index (χ0) is 14.6. The average molecular weight is 300 g/mol. The fourth-order valence-corrected chi connectivity index (χ4v) is 4.76. The summed E-state index contributed by atoms with van der Waals surface area (Å²) in [5.41, 5.74) is -0.0662. The van der Waals surface area contributed by atoms with Crippen LogP contribution in [-0.4, -0.2) is 18.3 Å². The van der Waals surface area contributed by atoms with Gasteiger partial charge in [-0.15, -0.1) is 11.6 Å². The number of nitrogens with one attached hydrogen (secondary N) is 1. The zero-order valence-corrected chi connectivity index (χ0v) is 13.8. The highest BCUT2D eigenvalue weighted by molar-refractivity contribution is 6.18. The molecule has 0 heterocycles. The molecule has 2 nitrogen and oxygen atoms in total. The Balaban J connectivity index is 1.89. The number of hydrogen-bond acceptors (Lipinski definition) is 1. The second-order valence-corrected chi connectivity index (χ2v) is 7.71. The Morgan fingerprint density at radius 3 is 2.45 bits per heavy atom. The van der Waals surface area contributed by atoms with Crippen molar-refractivity contribution in [2.45, 2.75) is 65.2 Å². The van der Waals surface area contributed by atoms with Crippen molar-refractivity contribution in [3.05, 3.63) is 0 Å². The van der Waals surface area contributed by atoms with Crippen LogP contribution < -0.4 is 5.32 Å². The van der Waals surface area contributed by atoms with E-state index in [2.05, 4.69) is 19.2 Å². The fraction of sp³-hybridized carbons (Fsp3) is 0.941. The predicted molar refractivity (Wildman–Crippen MR) is 84.9 cm³/mol. The zero-order valence-electron chi connectivity index (χ0n) is 13.1. The van der Waals surface area contributed by atoms with Crippen molar-refractivity contribution in [1.29, 1.82) is 0 Å². The molecule has 0 radical (unpaired) electrons. The Morgan fingerprint density at radius 1 is 1.20 bits per heavy atom. The number of carbonyl (C=O) groups excluding carboxylic acids is 1. The Labute approximate surface area is 129 Å². The largest absolute Gasteiger partial charge is 0.355 e. The molecule has 116 valence electrons. The highest BCUT2D eigenvalue weighted by atomic mass is 35.5. The van der Waals surface area contributed by atoms with Gasteiger partial charge in [0.05, 0.1) is 0 Å². The Kier molecular flexibility index (Phi) is 5.77. The minimum atomic E-state index is -0.0662. The molecule has 0 aliphatic heterocycles. The normalized spacial score (nSPS) is 29.0. The van der Waals surface area contributed by atoms with E-state index in [1.807, 2.05) is 0 Å². The van der Waals surface area contributed by atoms with E-state index in [0.717, 1.165) is 31.7 Å². The molecule has 2 atom stereocenters. The fourth-order valence-electron chi connectivity index (χ4n) is 4.35. The van der Waals surface area contributed by atoms with E-state index in [-0.39, 0.29) is 5.41 Å². The molecule has 2 aliphatic rings. The van der Waals surface area contributed by atoms with E-state index in [1.54, 1.807) is 0 Å². The minimum absolute atomic E-state index is 0.0662. The smallest absolute Gasteiger partial charge is 0.226 e. The maximum absolute atomic E-state index is 12.7. The Hall–Kier alpha value is -0.240. The molecule has 0 aromatic carbocycles. The predicted octanol–water partition coefficient (Wildman–Crippen LogP) is 4.36. The third-order valence-electron chi connectivity index (χ3n) is 5.38. The van der Waals surface area contributed by atoms with Gasteiger partial charge < -0.3 is 5.32 Å². The third kappa shape index (κ3) is 3.69. The topological polar surface area (TPSA) is 29.1 Å². The van der Waals surface area contributed by atoms with E-state index in [0.29, 0.717) is 23.7 Å². The van der Waals surface area contributed by atoms with Crippen LogP contribution in [0.1, 0.15) is 65.2 Å². The van der Waals surface area contributed by atoms with E-state index < -0.39 is 0 Å². The lowest BCUT2D eigenvalue weighted by molar-refractivity contribution is -0.132. The van der Waals surface area contributed by atoms with Gasteiger partial charge >= 0.3 is 0 Å². The van der Waals surface area contributed by atoms with E-state index in [9.17, 15) is 4.79 Å². The summed E-state index contributed by atoms with van der Waals surface area (Å²) in [6.07, 6.45) is 9.39. The first-order valence-electron chi connectivity index (χ1n) is 8.41. The molecule has 0 aromatic rings. The molecule has 20 heavy (non-hydrogen) atoms. The summed E-state index contributed by atoms with van der Waals surface area (Å²) < 4.78 is 0. The monoisotopic (exact) mass is 299 g/mol. The summed E-state index contributed by atoms with van der Waals surface area (Å²) in [6.45, 7) is 5.30. The first-order valence-corrected chi connectivity index (χ1v) is 8.95. The summed E-state index contributed by atoms with van der Waals surface area (Å²) in [5.74, 6) is 2.89. The van der Waals surface area contributed by atoms with Gasteiger partial charge in [0.2, 0.25) is 5.91 Å². The number of alkyl halides is 1. The molecule has 0 spiro atoms. The van der Waals surface area contributed by atoms with Crippen molar-refractivity contribution in [2.24, 2.45) is 23.2 Å². The van der Waals surface area contributed by atoms with Crippen LogP contribution in [0, 0.1) is 23.2 Å². The second kappa shape index (κ2) is 7.15. The Bertz CT molecular complexity index is 323. The lowest BCUT2D eigenvalue weighted by atomic mass is 9.77. The number of hydrogen-bond donors (Lipinski definition) is 1. The second-order valence-electron chi connectivity index (χ2n) is 7.40. The number of halogens is 1. The van der Waals surface area contributed by atoms with Crippen molar-refractivity contribution in [3.63, 3.8) is 0 Å². The first-order chi connectivity index (χ1) is 9.57. The molecule has 2 aliphatic carbocycles. The molecule has 1 N–H and O–H groups in total. The molecular formula is C17H30ClNO. The third-order valence-corrected chi connectivity index (χ3v) is 5.78. The van der Waals surface area contributed by atoms with Crippen LogP contribution in [-0.2, 0) is 4.79 Å². The number of rotatable bonds is 6. The van der Waals surface area contributed by atoms with Crippen LogP contribution in [0.15, 0.2) is 0 Å². The van der Waals surface area contributed by atoms with Gasteiger partial charge in [0.15, 0.2) is 0 Å². The van der Waals surface area contributed by atoms with Gasteiger partial charge in [-0.25, -0.2) is 0 Å². The lowest BCUT2D eigenvalue weighted by Gasteiger charge is -2.30. The van der Waals surface area contributed by atoms with Gasteiger partial charge in [0.1, 0.15) is 0 Å². The number of carbonyl (C=O) groups is 1.